The normalized spacial score (nSPS) is 18.7. The molecule has 0 bridgehead atoms. The summed E-state index contributed by atoms with van der Waals surface area (Å²) in [5, 5.41) is 3.30. The highest BCUT2D eigenvalue weighted by Crippen LogP contribution is 2.26. The van der Waals surface area contributed by atoms with Crippen molar-refractivity contribution in [3.05, 3.63) is 70.8 Å². The number of nitrogens with one attached hydrogen (secondary N) is 1. The fourth-order valence-electron chi connectivity index (χ4n) is 3.63. The summed E-state index contributed by atoms with van der Waals surface area (Å²) in [6.07, 6.45) is 0. The Morgan fingerprint density at radius 1 is 1.07 bits per heavy atom. The maximum Gasteiger partial charge on any atom is 0.261 e. The van der Waals surface area contributed by atoms with Gasteiger partial charge < -0.3 is 10.2 Å². The molecular weight excluding hydrogens is 378 g/mol. The van der Waals surface area contributed by atoms with Crippen LogP contribution in [0.2, 0.25) is 0 Å². The molecule has 146 valence electrons. The number of piperazine rings is 1. The molecule has 2 aliphatic rings. The average Bonchev–Trinajstić information content (AvgIpc) is 2.92. The van der Waals surface area contributed by atoms with Crippen molar-refractivity contribution in [2.24, 2.45) is 0 Å². The zero-order chi connectivity index (χ0) is 19.0. The van der Waals surface area contributed by atoms with Crippen molar-refractivity contribution in [3.8, 4) is 0 Å². The number of halogens is 1. The van der Waals surface area contributed by atoms with E-state index in [9.17, 15) is 14.4 Å². The molecule has 0 aromatic heterocycles. The first-order valence-corrected chi connectivity index (χ1v) is 9.11. The molecule has 2 aromatic rings. The first-order chi connectivity index (χ1) is 13.0. The minimum atomic E-state index is -0.345. The zero-order valence-corrected chi connectivity index (χ0v) is 16.4. The van der Waals surface area contributed by atoms with Gasteiger partial charge in [0.15, 0.2) is 0 Å². The number of carbonyl (C=O) groups is 3. The molecule has 6 nitrogen and oxygen atoms in total. The smallest absolute Gasteiger partial charge is 0.261 e. The minimum absolute atomic E-state index is 0. The minimum Gasteiger partial charge on any atom is -0.336 e. The monoisotopic (exact) mass is 399 g/mol. The number of carbonyl (C=O) groups excluding carboxylic acids is 3. The van der Waals surface area contributed by atoms with Crippen LogP contribution < -0.4 is 5.32 Å². The third-order valence-corrected chi connectivity index (χ3v) is 5.06. The highest BCUT2D eigenvalue weighted by Gasteiger charge is 2.36. The molecule has 4 rings (SSSR count). The fourth-order valence-corrected chi connectivity index (χ4v) is 3.63. The lowest BCUT2D eigenvalue weighted by Crippen LogP contribution is -2.51. The summed E-state index contributed by atoms with van der Waals surface area (Å²) in [6.45, 7) is 4.27. The fraction of sp³-hybridized carbons (Fsp3) is 0.286. The molecule has 2 aromatic carbocycles. The van der Waals surface area contributed by atoms with Gasteiger partial charge in [0.1, 0.15) is 0 Å². The van der Waals surface area contributed by atoms with Gasteiger partial charge in [-0.1, -0.05) is 30.3 Å². The van der Waals surface area contributed by atoms with E-state index in [2.05, 4.69) is 5.32 Å². The standard InChI is InChI=1S/C21H21N3O3.ClH/c1-14-12-23(10-9-22-14)19(25)16-7-8-17-18(11-16)21(27)24(20(17)26)13-15-5-3-2-4-6-15;/h2-8,11,14,22H,9-10,12-13H2,1H3;1H. The third-order valence-electron chi connectivity index (χ3n) is 5.06. The van der Waals surface area contributed by atoms with Crippen LogP contribution in [0.4, 0.5) is 0 Å². The van der Waals surface area contributed by atoms with Crippen molar-refractivity contribution in [1.82, 2.24) is 15.1 Å². The zero-order valence-electron chi connectivity index (χ0n) is 15.6. The third kappa shape index (κ3) is 3.66. The second kappa shape index (κ2) is 8.12. The molecule has 0 saturated carbocycles. The summed E-state index contributed by atoms with van der Waals surface area (Å²) < 4.78 is 0. The molecule has 28 heavy (non-hydrogen) atoms. The van der Waals surface area contributed by atoms with Gasteiger partial charge in [0.05, 0.1) is 17.7 Å². The Balaban J connectivity index is 0.00000225. The van der Waals surface area contributed by atoms with Crippen molar-refractivity contribution in [2.45, 2.75) is 19.5 Å². The van der Waals surface area contributed by atoms with Crippen LogP contribution in [0.5, 0.6) is 0 Å². The van der Waals surface area contributed by atoms with E-state index in [1.54, 1.807) is 23.1 Å². The lowest BCUT2D eigenvalue weighted by molar-refractivity contribution is 0.0641. The van der Waals surface area contributed by atoms with Crippen molar-refractivity contribution < 1.29 is 14.4 Å². The topological polar surface area (TPSA) is 69.7 Å². The van der Waals surface area contributed by atoms with Crippen LogP contribution in [0.25, 0.3) is 0 Å². The van der Waals surface area contributed by atoms with Gasteiger partial charge in [0, 0.05) is 31.2 Å². The van der Waals surface area contributed by atoms with Crippen LogP contribution in [-0.2, 0) is 6.54 Å². The molecule has 0 aliphatic carbocycles. The lowest BCUT2D eigenvalue weighted by atomic mass is 10.0. The second-order valence-corrected chi connectivity index (χ2v) is 7.05. The van der Waals surface area contributed by atoms with Gasteiger partial charge in [-0.25, -0.2) is 0 Å². The van der Waals surface area contributed by atoms with Crippen LogP contribution >= 0.6 is 12.4 Å². The number of nitrogens with zero attached hydrogens (tertiary/aromatic N) is 2. The number of fused-ring (bicyclic) bond motifs is 1. The van der Waals surface area contributed by atoms with E-state index in [1.807, 2.05) is 37.3 Å². The second-order valence-electron chi connectivity index (χ2n) is 7.05. The highest BCUT2D eigenvalue weighted by molar-refractivity contribution is 6.22. The van der Waals surface area contributed by atoms with Crippen LogP contribution in [-0.4, -0.2) is 53.2 Å². The van der Waals surface area contributed by atoms with Gasteiger partial charge in [-0.3, -0.25) is 19.3 Å². The first kappa shape index (κ1) is 20.0. The summed E-state index contributed by atoms with van der Waals surface area (Å²) in [4.78, 5) is 41.2. The van der Waals surface area contributed by atoms with Crippen molar-refractivity contribution in [3.63, 3.8) is 0 Å². The number of benzene rings is 2. The maximum atomic E-state index is 12.8. The Morgan fingerprint density at radius 2 is 1.79 bits per heavy atom. The molecule has 1 fully saturated rings. The van der Waals surface area contributed by atoms with Gasteiger partial charge in [0.2, 0.25) is 0 Å². The van der Waals surface area contributed by atoms with Crippen LogP contribution in [0.1, 0.15) is 43.6 Å². The number of amides is 3. The van der Waals surface area contributed by atoms with Crippen LogP contribution in [0.15, 0.2) is 48.5 Å². The lowest BCUT2D eigenvalue weighted by Gasteiger charge is -2.32. The molecule has 0 spiro atoms. The molecule has 1 unspecified atom stereocenters. The Bertz CT molecular complexity index is 916. The molecule has 1 atom stereocenters. The number of hydrogen-bond acceptors (Lipinski definition) is 4. The van der Waals surface area contributed by atoms with Crippen molar-refractivity contribution >= 4 is 30.1 Å². The van der Waals surface area contributed by atoms with Gasteiger partial charge in [-0.2, -0.15) is 0 Å². The van der Waals surface area contributed by atoms with Gasteiger partial charge in [-0.15, -0.1) is 12.4 Å². The molecule has 2 aliphatic heterocycles. The summed E-state index contributed by atoms with van der Waals surface area (Å²) in [5.74, 6) is -0.760. The molecule has 1 N–H and O–H groups in total. The summed E-state index contributed by atoms with van der Waals surface area (Å²) in [6, 6.07) is 14.4. The predicted octanol–water partition coefficient (Wildman–Crippen LogP) is 2.34. The van der Waals surface area contributed by atoms with E-state index in [0.29, 0.717) is 29.8 Å². The quantitative estimate of drug-likeness (QED) is 0.804. The summed E-state index contributed by atoms with van der Waals surface area (Å²) >= 11 is 0. The predicted molar refractivity (Wildman–Crippen MR) is 108 cm³/mol. The van der Waals surface area contributed by atoms with Crippen molar-refractivity contribution in [1.29, 1.82) is 0 Å². The van der Waals surface area contributed by atoms with Gasteiger partial charge >= 0.3 is 0 Å². The molecule has 2 heterocycles. The van der Waals surface area contributed by atoms with Gasteiger partial charge in [0.25, 0.3) is 17.7 Å². The number of hydrogen-bond donors (Lipinski definition) is 1. The highest BCUT2D eigenvalue weighted by atomic mass is 35.5. The maximum absolute atomic E-state index is 12.8. The van der Waals surface area contributed by atoms with E-state index in [1.165, 1.54) is 4.90 Å². The van der Waals surface area contributed by atoms with Crippen molar-refractivity contribution in [2.75, 3.05) is 19.6 Å². The number of imide groups is 1. The molecule has 7 heteroatoms. The van der Waals surface area contributed by atoms with E-state index < -0.39 is 0 Å². The van der Waals surface area contributed by atoms with E-state index in [-0.39, 0.29) is 42.7 Å². The number of rotatable bonds is 3. The van der Waals surface area contributed by atoms with E-state index in [4.69, 9.17) is 0 Å². The van der Waals surface area contributed by atoms with E-state index in [0.717, 1.165) is 12.1 Å². The Labute approximate surface area is 169 Å². The molecule has 0 radical (unpaired) electrons. The van der Waals surface area contributed by atoms with Gasteiger partial charge in [-0.05, 0) is 30.7 Å². The Kier molecular flexibility index (Phi) is 5.82. The summed E-state index contributed by atoms with van der Waals surface area (Å²) in [5.41, 5.74) is 2.01. The van der Waals surface area contributed by atoms with Crippen LogP contribution in [0.3, 0.4) is 0 Å². The Morgan fingerprint density at radius 3 is 2.50 bits per heavy atom. The van der Waals surface area contributed by atoms with E-state index >= 15 is 0 Å². The molecular formula is C21H22ClN3O3. The largest absolute Gasteiger partial charge is 0.336 e. The average molecular weight is 400 g/mol. The first-order valence-electron chi connectivity index (χ1n) is 9.11. The molecule has 3 amide bonds. The molecule has 1 saturated heterocycles. The SMILES string of the molecule is CC1CN(C(=O)c2ccc3c(c2)C(=O)N(Cc2ccccc2)C3=O)CCN1.Cl. The Hall–Kier alpha value is -2.70. The van der Waals surface area contributed by atoms with Crippen LogP contribution in [0, 0.1) is 0 Å². The summed E-state index contributed by atoms with van der Waals surface area (Å²) in [7, 11) is 0.